The predicted octanol–water partition coefficient (Wildman–Crippen LogP) is 2.45. The Kier molecular flexibility index (Phi) is 5.11. The Balaban J connectivity index is 2.12. The number of rotatable bonds is 6. The van der Waals surface area contributed by atoms with E-state index in [1.54, 1.807) is 0 Å². The van der Waals surface area contributed by atoms with Crippen molar-refractivity contribution in [2.75, 3.05) is 19.8 Å². The van der Waals surface area contributed by atoms with Crippen molar-refractivity contribution in [3.8, 4) is 0 Å². The minimum Gasteiger partial charge on any atom is -0.379 e. The van der Waals surface area contributed by atoms with Crippen molar-refractivity contribution in [2.24, 2.45) is 5.92 Å². The predicted molar refractivity (Wildman–Crippen MR) is 76.5 cm³/mol. The van der Waals surface area contributed by atoms with Crippen LogP contribution in [-0.4, -0.2) is 31.6 Å². The summed E-state index contributed by atoms with van der Waals surface area (Å²) in [4.78, 5) is 12.6. The number of carbonyl (C=O) groups is 1. The number of nitrogens with one attached hydrogen (secondary N) is 1. The first-order valence-electron chi connectivity index (χ1n) is 7.20. The molecular weight excluding hydrogens is 238 g/mol. The molecular formula is C16H23NO2. The lowest BCUT2D eigenvalue weighted by Gasteiger charge is -2.17. The summed E-state index contributed by atoms with van der Waals surface area (Å²) in [5.41, 5.74) is 2.07. The third-order valence-corrected chi connectivity index (χ3v) is 3.63. The smallest absolute Gasteiger partial charge is 0.169 e. The number of ketones is 1. The van der Waals surface area contributed by atoms with Crippen molar-refractivity contribution >= 4 is 5.78 Å². The van der Waals surface area contributed by atoms with E-state index in [0.29, 0.717) is 13.2 Å². The van der Waals surface area contributed by atoms with Crippen LogP contribution >= 0.6 is 0 Å². The summed E-state index contributed by atoms with van der Waals surface area (Å²) in [6.07, 6.45) is 2.13. The van der Waals surface area contributed by atoms with E-state index in [1.807, 2.05) is 18.2 Å². The lowest BCUT2D eigenvalue weighted by Crippen LogP contribution is -2.39. The second-order valence-electron chi connectivity index (χ2n) is 5.12. The molecule has 1 aromatic rings. The normalized spacial score (nSPS) is 22.6. The molecule has 3 heteroatoms. The molecule has 1 aliphatic heterocycles. The van der Waals surface area contributed by atoms with E-state index in [-0.39, 0.29) is 17.7 Å². The molecule has 0 radical (unpaired) electrons. The van der Waals surface area contributed by atoms with Crippen LogP contribution in [0, 0.1) is 5.92 Å². The maximum atomic E-state index is 12.6. The minimum absolute atomic E-state index is 0.0446. The SMILES string of the molecule is CCCc1cccc(C(=O)C2COCC2NCC)c1. The molecule has 0 spiro atoms. The molecule has 2 atom stereocenters. The summed E-state index contributed by atoms with van der Waals surface area (Å²) in [7, 11) is 0. The first-order chi connectivity index (χ1) is 9.26. The monoisotopic (exact) mass is 261 g/mol. The van der Waals surface area contributed by atoms with Gasteiger partial charge in [0, 0.05) is 11.6 Å². The van der Waals surface area contributed by atoms with Gasteiger partial charge in [0.1, 0.15) is 0 Å². The Morgan fingerprint density at radius 3 is 2.95 bits per heavy atom. The maximum absolute atomic E-state index is 12.6. The molecule has 0 aromatic heterocycles. The molecule has 1 N–H and O–H groups in total. The van der Waals surface area contributed by atoms with E-state index in [9.17, 15) is 4.79 Å². The van der Waals surface area contributed by atoms with Crippen LogP contribution in [0.1, 0.15) is 36.2 Å². The number of hydrogen-bond acceptors (Lipinski definition) is 3. The standard InChI is InChI=1S/C16H23NO2/c1-3-6-12-7-5-8-13(9-12)16(18)14-10-19-11-15(14)17-4-2/h5,7-9,14-15,17H,3-4,6,10-11H2,1-2H3. The van der Waals surface area contributed by atoms with Gasteiger partial charge in [-0.3, -0.25) is 4.79 Å². The zero-order valence-electron chi connectivity index (χ0n) is 11.8. The van der Waals surface area contributed by atoms with E-state index < -0.39 is 0 Å². The molecule has 1 saturated heterocycles. The van der Waals surface area contributed by atoms with Crippen LogP contribution in [0.2, 0.25) is 0 Å². The topological polar surface area (TPSA) is 38.3 Å². The van der Waals surface area contributed by atoms with Crippen LogP contribution in [0.15, 0.2) is 24.3 Å². The highest BCUT2D eigenvalue weighted by molar-refractivity contribution is 5.98. The van der Waals surface area contributed by atoms with E-state index in [1.165, 1.54) is 5.56 Å². The van der Waals surface area contributed by atoms with Gasteiger partial charge in [-0.25, -0.2) is 0 Å². The Bertz CT molecular complexity index is 431. The highest BCUT2D eigenvalue weighted by atomic mass is 16.5. The first kappa shape index (κ1) is 14.2. The second kappa shape index (κ2) is 6.83. The Morgan fingerprint density at radius 1 is 1.37 bits per heavy atom. The number of likely N-dealkylation sites (N-methyl/N-ethyl adjacent to an activating group) is 1. The van der Waals surface area contributed by atoms with E-state index in [4.69, 9.17) is 4.74 Å². The van der Waals surface area contributed by atoms with Crippen molar-refractivity contribution in [3.05, 3.63) is 35.4 Å². The van der Waals surface area contributed by atoms with Crippen LogP contribution in [-0.2, 0) is 11.2 Å². The highest BCUT2D eigenvalue weighted by Crippen LogP contribution is 2.20. The Morgan fingerprint density at radius 2 is 2.21 bits per heavy atom. The van der Waals surface area contributed by atoms with Crippen molar-refractivity contribution in [1.82, 2.24) is 5.32 Å². The van der Waals surface area contributed by atoms with Gasteiger partial charge in [-0.15, -0.1) is 0 Å². The lowest BCUT2D eigenvalue weighted by molar-refractivity contribution is 0.0891. The quantitative estimate of drug-likeness (QED) is 0.799. The molecule has 1 aliphatic rings. The summed E-state index contributed by atoms with van der Waals surface area (Å²) in [5.74, 6) is 0.165. The van der Waals surface area contributed by atoms with Gasteiger partial charge < -0.3 is 10.1 Å². The van der Waals surface area contributed by atoms with Crippen molar-refractivity contribution < 1.29 is 9.53 Å². The summed E-state index contributed by atoms with van der Waals surface area (Å²) in [5, 5.41) is 3.34. The average molecular weight is 261 g/mol. The van der Waals surface area contributed by atoms with Crippen LogP contribution < -0.4 is 5.32 Å². The molecule has 19 heavy (non-hydrogen) atoms. The number of Topliss-reactive ketones (excluding diaryl/α,β-unsaturated/α-hetero) is 1. The molecule has 1 fully saturated rings. The van der Waals surface area contributed by atoms with E-state index in [2.05, 4.69) is 25.2 Å². The fourth-order valence-electron chi connectivity index (χ4n) is 2.66. The second-order valence-corrected chi connectivity index (χ2v) is 5.12. The summed E-state index contributed by atoms with van der Waals surface area (Å²) < 4.78 is 5.46. The molecule has 0 bridgehead atoms. The molecule has 2 rings (SSSR count). The average Bonchev–Trinajstić information content (AvgIpc) is 2.87. The maximum Gasteiger partial charge on any atom is 0.169 e. The first-order valence-corrected chi connectivity index (χ1v) is 7.20. The summed E-state index contributed by atoms with van der Waals surface area (Å²) in [6.45, 7) is 6.25. The molecule has 1 heterocycles. The number of aryl methyl sites for hydroxylation is 1. The lowest BCUT2D eigenvalue weighted by atomic mass is 9.92. The van der Waals surface area contributed by atoms with Crippen molar-refractivity contribution in [2.45, 2.75) is 32.7 Å². The molecule has 0 saturated carbocycles. The zero-order valence-corrected chi connectivity index (χ0v) is 11.8. The molecule has 104 valence electrons. The Hall–Kier alpha value is -1.19. The van der Waals surface area contributed by atoms with Crippen LogP contribution in [0.4, 0.5) is 0 Å². The van der Waals surface area contributed by atoms with Gasteiger partial charge in [-0.2, -0.15) is 0 Å². The molecule has 0 aliphatic carbocycles. The van der Waals surface area contributed by atoms with Crippen LogP contribution in [0.3, 0.4) is 0 Å². The fourth-order valence-corrected chi connectivity index (χ4v) is 2.66. The minimum atomic E-state index is -0.0446. The molecule has 2 unspecified atom stereocenters. The third kappa shape index (κ3) is 3.43. The van der Waals surface area contributed by atoms with Gasteiger partial charge in [-0.05, 0) is 24.6 Å². The van der Waals surface area contributed by atoms with Gasteiger partial charge in [0.25, 0.3) is 0 Å². The van der Waals surface area contributed by atoms with Gasteiger partial charge >= 0.3 is 0 Å². The summed E-state index contributed by atoms with van der Waals surface area (Å²) in [6, 6.07) is 8.19. The van der Waals surface area contributed by atoms with E-state index >= 15 is 0 Å². The van der Waals surface area contributed by atoms with Crippen molar-refractivity contribution in [1.29, 1.82) is 0 Å². The van der Waals surface area contributed by atoms with Crippen LogP contribution in [0.5, 0.6) is 0 Å². The highest BCUT2D eigenvalue weighted by Gasteiger charge is 2.33. The van der Waals surface area contributed by atoms with Gasteiger partial charge in [0.2, 0.25) is 0 Å². The largest absolute Gasteiger partial charge is 0.379 e. The molecule has 3 nitrogen and oxygen atoms in total. The zero-order chi connectivity index (χ0) is 13.7. The molecule has 1 aromatic carbocycles. The van der Waals surface area contributed by atoms with Gasteiger partial charge in [0.05, 0.1) is 19.1 Å². The Labute approximate surface area is 115 Å². The van der Waals surface area contributed by atoms with E-state index in [0.717, 1.165) is 24.9 Å². The van der Waals surface area contributed by atoms with Crippen molar-refractivity contribution in [3.63, 3.8) is 0 Å². The number of ether oxygens (including phenoxy) is 1. The molecule has 0 amide bonds. The number of hydrogen-bond donors (Lipinski definition) is 1. The van der Waals surface area contributed by atoms with Crippen LogP contribution in [0.25, 0.3) is 0 Å². The van der Waals surface area contributed by atoms with Gasteiger partial charge in [-0.1, -0.05) is 38.5 Å². The summed E-state index contributed by atoms with van der Waals surface area (Å²) >= 11 is 0. The number of carbonyl (C=O) groups excluding carboxylic acids is 1. The van der Waals surface area contributed by atoms with Gasteiger partial charge in [0.15, 0.2) is 5.78 Å². The fraction of sp³-hybridized carbons (Fsp3) is 0.562. The third-order valence-electron chi connectivity index (χ3n) is 3.63. The number of benzene rings is 1.